The zero-order valence-corrected chi connectivity index (χ0v) is 41.9. The normalized spacial score (nSPS) is 22.6. The van der Waals surface area contributed by atoms with Crippen LogP contribution in [0.1, 0.15) is 126 Å². The van der Waals surface area contributed by atoms with Gasteiger partial charge in [0.05, 0.1) is 16.4 Å². The van der Waals surface area contributed by atoms with Crippen molar-refractivity contribution in [1.82, 2.24) is 44.9 Å². The van der Waals surface area contributed by atoms with Crippen LogP contribution in [0.4, 0.5) is 22.6 Å². The fourth-order valence-electron chi connectivity index (χ4n) is 11.7. The zero-order chi connectivity index (χ0) is 47.0. The summed E-state index contributed by atoms with van der Waals surface area (Å²) in [5, 5.41) is 21.2. The molecular weight excluding hydrogens is 879 g/mol. The number of rotatable bonds is 17. The van der Waals surface area contributed by atoms with Crippen LogP contribution in [0.3, 0.4) is 0 Å². The first-order valence-corrected chi connectivity index (χ1v) is 26.2. The van der Waals surface area contributed by atoms with Crippen LogP contribution in [-0.4, -0.2) is 84.0 Å². The molecule has 14 nitrogen and oxygen atoms in total. The standard InChI is InChI=1S/C51H67N11O3S2/c1-31-22-42(57-58-46(31)56-49-53-39-15-10-11-16-40(39)67-49)60(7)41-19-18-37(38-29-52-62(33(38)3)30-51-26-34-23-35(27-51)25-36(24-34)28-51)44(54-41)47(64)59-66-21-12-8-9-17-43(63)55-45(50(4,5)6)48(65)61-20-13-14-32(61)2/h10-11,15-16,18-19,22,29,32,34-36,45H,8-9,12-14,17,20-21,23-28,30H2,1-7H3,(H,55,63)(H,59,64)(H,53,56,58). The highest BCUT2D eigenvalue weighted by Crippen LogP contribution is 2.60. The molecule has 4 aromatic heterocycles. The van der Waals surface area contributed by atoms with E-state index in [0.717, 1.165) is 94.3 Å². The van der Waals surface area contributed by atoms with E-state index < -0.39 is 11.5 Å². The maximum absolute atomic E-state index is 14.3. The topological polar surface area (TPSA) is 163 Å². The molecule has 3 N–H and O–H groups in total. The number of fused-ring (bicyclic) bond motifs is 1. The Hall–Kier alpha value is -5.09. The van der Waals surface area contributed by atoms with Gasteiger partial charge in [-0.2, -0.15) is 5.10 Å². The molecule has 4 saturated carbocycles. The smallest absolute Gasteiger partial charge is 0.280 e. The number of amides is 3. The monoisotopic (exact) mass is 945 g/mol. The lowest BCUT2D eigenvalue weighted by atomic mass is 9.49. The number of aromatic nitrogens is 6. The quantitative estimate of drug-likeness (QED) is 0.0601. The number of nitrogens with one attached hydrogen (secondary N) is 3. The maximum Gasteiger partial charge on any atom is 0.280 e. The van der Waals surface area contributed by atoms with Crippen molar-refractivity contribution in [3.05, 3.63) is 65.6 Å². The van der Waals surface area contributed by atoms with Gasteiger partial charge in [-0.15, -0.1) is 10.2 Å². The number of carbonyl (C=O) groups is 3. The molecule has 5 heterocycles. The van der Waals surface area contributed by atoms with E-state index in [2.05, 4.69) is 44.1 Å². The minimum Gasteiger partial charge on any atom is -0.344 e. The van der Waals surface area contributed by atoms with Crippen LogP contribution in [-0.2, 0) is 16.1 Å². The van der Waals surface area contributed by atoms with Gasteiger partial charge in [-0.05, 0) is 149 Å². The number of pyridine rings is 1. The molecule has 10 rings (SSSR count). The Kier molecular flexibility index (Phi) is 13.7. The van der Waals surface area contributed by atoms with Crippen molar-refractivity contribution in [1.29, 1.82) is 0 Å². The number of hydrogen-bond acceptors (Lipinski definition) is 12. The van der Waals surface area contributed by atoms with Crippen molar-refractivity contribution in [3.63, 3.8) is 0 Å². The van der Waals surface area contributed by atoms with Crippen molar-refractivity contribution >= 4 is 73.8 Å². The molecule has 2 atom stereocenters. The number of thiazole rings is 1. The lowest BCUT2D eigenvalue weighted by Gasteiger charge is -2.56. The summed E-state index contributed by atoms with van der Waals surface area (Å²) in [5.41, 5.74) is 4.75. The van der Waals surface area contributed by atoms with Crippen molar-refractivity contribution in [2.24, 2.45) is 28.6 Å². The minimum atomic E-state index is -0.557. The summed E-state index contributed by atoms with van der Waals surface area (Å²) in [5.74, 6) is 4.63. The molecule has 1 aromatic carbocycles. The molecule has 4 bridgehead atoms. The molecule has 0 radical (unpaired) electrons. The SMILES string of the molecule is Cc1cc(N(C)c2ccc(-c3cnn(CC45CC6CC(CC(C6)C4)C5)c3C)c(C(=O)NSCCCCCC(=O)NC(C(=O)N3CCCC3C)C(C)(C)C)n2)nnc1Nc1nc2ccccc2s1. The number of likely N-dealkylation sites (tertiary alicyclic amines) is 1. The Balaban J connectivity index is 0.862. The van der Waals surface area contributed by atoms with Crippen molar-refractivity contribution in [2.75, 3.05) is 29.6 Å². The van der Waals surface area contributed by atoms with E-state index in [4.69, 9.17) is 15.1 Å². The molecule has 356 valence electrons. The summed E-state index contributed by atoms with van der Waals surface area (Å²) in [6.45, 7) is 13.9. The molecule has 2 unspecified atom stereocenters. The Morgan fingerprint density at radius 3 is 2.37 bits per heavy atom. The molecule has 1 aliphatic heterocycles. The molecule has 5 aromatic rings. The fraction of sp³-hybridized carbons (Fsp3) is 0.569. The molecule has 5 fully saturated rings. The third kappa shape index (κ3) is 10.4. The minimum absolute atomic E-state index is 0.0155. The van der Waals surface area contributed by atoms with Gasteiger partial charge in [0.1, 0.15) is 17.6 Å². The molecule has 5 aliphatic rings. The van der Waals surface area contributed by atoms with E-state index in [1.54, 1.807) is 11.3 Å². The summed E-state index contributed by atoms with van der Waals surface area (Å²) in [6, 6.07) is 13.5. The number of unbranched alkanes of at least 4 members (excludes halogenated alkanes) is 2. The second-order valence-corrected chi connectivity index (χ2v) is 23.1. The van der Waals surface area contributed by atoms with E-state index >= 15 is 0 Å². The number of benzene rings is 1. The Morgan fingerprint density at radius 1 is 0.940 bits per heavy atom. The predicted molar refractivity (Wildman–Crippen MR) is 269 cm³/mol. The summed E-state index contributed by atoms with van der Waals surface area (Å²) >= 11 is 2.92. The molecule has 16 heteroatoms. The van der Waals surface area contributed by atoms with Crippen LogP contribution < -0.4 is 20.3 Å². The first-order chi connectivity index (χ1) is 32.1. The summed E-state index contributed by atoms with van der Waals surface area (Å²) in [7, 11) is 1.88. The van der Waals surface area contributed by atoms with Gasteiger partial charge in [-0.1, -0.05) is 62.6 Å². The second kappa shape index (κ2) is 19.5. The van der Waals surface area contributed by atoms with Gasteiger partial charge in [0, 0.05) is 55.2 Å². The number of aryl methyl sites for hydroxylation is 1. The van der Waals surface area contributed by atoms with Crippen molar-refractivity contribution < 1.29 is 14.4 Å². The molecule has 3 amide bonds. The fourth-order valence-corrected chi connectivity index (χ4v) is 13.3. The van der Waals surface area contributed by atoms with E-state index in [9.17, 15) is 14.4 Å². The van der Waals surface area contributed by atoms with Crippen molar-refractivity contribution in [2.45, 2.75) is 137 Å². The van der Waals surface area contributed by atoms with E-state index in [0.29, 0.717) is 47.2 Å². The highest BCUT2D eigenvalue weighted by atomic mass is 32.2. The van der Waals surface area contributed by atoms with Gasteiger partial charge < -0.3 is 20.4 Å². The van der Waals surface area contributed by atoms with Crippen LogP contribution in [0.2, 0.25) is 0 Å². The summed E-state index contributed by atoms with van der Waals surface area (Å²) in [4.78, 5) is 54.3. The van der Waals surface area contributed by atoms with Gasteiger partial charge in [0.2, 0.25) is 11.8 Å². The molecule has 67 heavy (non-hydrogen) atoms. The number of carbonyl (C=O) groups excluding carboxylic acids is 3. The van der Waals surface area contributed by atoms with Gasteiger partial charge in [-0.25, -0.2) is 9.97 Å². The van der Waals surface area contributed by atoms with Gasteiger partial charge in [-0.3, -0.25) is 23.8 Å². The number of nitrogens with zero attached hydrogens (tertiary/aromatic N) is 8. The highest BCUT2D eigenvalue weighted by molar-refractivity contribution is 7.97. The van der Waals surface area contributed by atoms with Crippen LogP contribution in [0.15, 0.2) is 48.7 Å². The highest BCUT2D eigenvalue weighted by Gasteiger charge is 2.51. The second-order valence-electron chi connectivity index (χ2n) is 21.2. The third-order valence-electron chi connectivity index (χ3n) is 14.9. The number of anilines is 4. The maximum atomic E-state index is 14.3. The summed E-state index contributed by atoms with van der Waals surface area (Å²) < 4.78 is 6.37. The lowest BCUT2D eigenvalue weighted by Crippen LogP contribution is -2.55. The van der Waals surface area contributed by atoms with Crippen molar-refractivity contribution in [3.8, 4) is 11.1 Å². The Morgan fingerprint density at radius 2 is 1.69 bits per heavy atom. The Bertz CT molecular complexity index is 2550. The molecule has 4 aliphatic carbocycles. The van der Waals surface area contributed by atoms with Gasteiger partial charge >= 0.3 is 0 Å². The number of hydrogen-bond donors (Lipinski definition) is 3. The summed E-state index contributed by atoms with van der Waals surface area (Å²) in [6.07, 6.45) is 14.7. The van der Waals surface area contributed by atoms with Crippen LogP contribution >= 0.6 is 23.3 Å². The average Bonchev–Trinajstić information content (AvgIpc) is 4.01. The first kappa shape index (κ1) is 47.0. The first-order valence-electron chi connectivity index (χ1n) is 24.4. The largest absolute Gasteiger partial charge is 0.344 e. The van der Waals surface area contributed by atoms with Crippen LogP contribution in [0.25, 0.3) is 21.3 Å². The van der Waals surface area contributed by atoms with Gasteiger partial charge in [0.15, 0.2) is 16.8 Å². The molecule has 0 spiro atoms. The third-order valence-corrected chi connectivity index (χ3v) is 16.7. The molecular formula is C51H67N11O3S2. The van der Waals surface area contributed by atoms with Gasteiger partial charge in [0.25, 0.3) is 5.91 Å². The van der Waals surface area contributed by atoms with Crippen LogP contribution in [0.5, 0.6) is 0 Å². The predicted octanol–water partition coefficient (Wildman–Crippen LogP) is 10.2. The zero-order valence-electron chi connectivity index (χ0n) is 40.2. The van der Waals surface area contributed by atoms with E-state index in [1.807, 2.05) is 93.2 Å². The molecule has 1 saturated heterocycles. The number of para-hydroxylation sites is 1. The average molecular weight is 946 g/mol. The van der Waals surface area contributed by atoms with E-state index in [-0.39, 0.29) is 23.8 Å². The lowest BCUT2D eigenvalue weighted by molar-refractivity contribution is -0.140. The van der Waals surface area contributed by atoms with E-state index in [1.165, 1.54) is 50.5 Å². The van der Waals surface area contributed by atoms with Crippen LogP contribution in [0, 0.1) is 42.4 Å². The Labute approximate surface area is 403 Å².